The summed E-state index contributed by atoms with van der Waals surface area (Å²) in [7, 11) is 0. The molecule has 2 aromatic rings. The van der Waals surface area contributed by atoms with Crippen molar-refractivity contribution in [3.05, 3.63) is 48.0 Å². The lowest BCUT2D eigenvalue weighted by Crippen LogP contribution is -2.38. The average Bonchev–Trinajstić information content (AvgIpc) is 2.73. The van der Waals surface area contributed by atoms with Gasteiger partial charge in [-0.1, -0.05) is 18.2 Å². The highest BCUT2D eigenvalue weighted by Gasteiger charge is 2.24. The quantitative estimate of drug-likeness (QED) is 0.810. The number of carbonyl (C=O) groups is 2. The minimum absolute atomic E-state index is 0.0489. The summed E-state index contributed by atoms with van der Waals surface area (Å²) in [5, 5.41) is 2.94. The molecule has 0 spiro atoms. The summed E-state index contributed by atoms with van der Waals surface area (Å²) in [6.45, 7) is 2.07. The number of benzene rings is 2. The Bertz CT molecular complexity index is 886. The molecule has 1 N–H and O–H groups in total. The van der Waals surface area contributed by atoms with Crippen LogP contribution in [0.4, 0.5) is 5.69 Å². The van der Waals surface area contributed by atoms with Crippen LogP contribution in [0.25, 0.3) is 0 Å². The zero-order chi connectivity index (χ0) is 19.3. The Balaban J connectivity index is 1.26. The van der Waals surface area contributed by atoms with Gasteiger partial charge < -0.3 is 19.7 Å². The highest BCUT2D eigenvalue weighted by molar-refractivity contribution is 8.00. The molecule has 7 heteroatoms. The Labute approximate surface area is 168 Å². The van der Waals surface area contributed by atoms with Crippen LogP contribution >= 0.6 is 11.8 Å². The van der Waals surface area contributed by atoms with Crippen molar-refractivity contribution in [2.45, 2.75) is 17.7 Å². The fourth-order valence-electron chi connectivity index (χ4n) is 3.29. The summed E-state index contributed by atoms with van der Waals surface area (Å²) in [6.07, 6.45) is 0.996. The zero-order valence-electron chi connectivity index (χ0n) is 15.5. The molecule has 0 unspecified atom stereocenters. The van der Waals surface area contributed by atoms with Gasteiger partial charge in [-0.25, -0.2) is 0 Å². The minimum atomic E-state index is -0.0546. The maximum atomic E-state index is 12.2. The van der Waals surface area contributed by atoms with Gasteiger partial charge in [0, 0.05) is 24.4 Å². The van der Waals surface area contributed by atoms with Crippen LogP contribution in [0.2, 0.25) is 0 Å². The summed E-state index contributed by atoms with van der Waals surface area (Å²) in [6, 6.07) is 13.7. The standard InChI is InChI=1S/C21H22N2O4S/c24-20(8-10-23-16-3-1-2-4-19(16)28-14-21(23)25)22-9-7-15-5-6-17-18(13-15)27-12-11-26-17/h1-6,13H,7-12,14H2,(H,22,24). The lowest BCUT2D eigenvalue weighted by molar-refractivity contribution is -0.121. The molecule has 2 aliphatic heterocycles. The van der Waals surface area contributed by atoms with Gasteiger partial charge in [0.2, 0.25) is 11.8 Å². The molecule has 146 valence electrons. The van der Waals surface area contributed by atoms with Crippen molar-refractivity contribution in [1.29, 1.82) is 0 Å². The second-order valence-electron chi connectivity index (χ2n) is 6.63. The summed E-state index contributed by atoms with van der Waals surface area (Å²) in [5.74, 6) is 1.94. The van der Waals surface area contributed by atoms with E-state index in [1.165, 1.54) is 0 Å². The number of carbonyl (C=O) groups excluding carboxylic acids is 2. The fourth-order valence-corrected chi connectivity index (χ4v) is 4.23. The lowest BCUT2D eigenvalue weighted by atomic mass is 10.1. The first kappa shape index (κ1) is 18.7. The van der Waals surface area contributed by atoms with E-state index in [-0.39, 0.29) is 18.2 Å². The molecule has 2 heterocycles. The molecular formula is C21H22N2O4S. The van der Waals surface area contributed by atoms with Crippen molar-refractivity contribution < 1.29 is 19.1 Å². The Morgan fingerprint density at radius 3 is 2.82 bits per heavy atom. The molecule has 2 amide bonds. The average molecular weight is 398 g/mol. The largest absolute Gasteiger partial charge is 0.486 e. The molecule has 28 heavy (non-hydrogen) atoms. The summed E-state index contributed by atoms with van der Waals surface area (Å²) in [5.41, 5.74) is 1.98. The van der Waals surface area contributed by atoms with Gasteiger partial charge in [0.05, 0.1) is 11.4 Å². The second kappa shape index (κ2) is 8.56. The van der Waals surface area contributed by atoms with E-state index in [0.29, 0.717) is 38.5 Å². The molecule has 0 bridgehead atoms. The number of para-hydroxylation sites is 1. The van der Waals surface area contributed by atoms with E-state index in [4.69, 9.17) is 9.47 Å². The third kappa shape index (κ3) is 4.25. The summed E-state index contributed by atoms with van der Waals surface area (Å²) >= 11 is 1.55. The van der Waals surface area contributed by atoms with E-state index >= 15 is 0 Å². The molecule has 0 saturated heterocycles. The predicted octanol–water partition coefficient (Wildman–Crippen LogP) is 2.65. The Hall–Kier alpha value is -2.67. The van der Waals surface area contributed by atoms with Crippen LogP contribution in [0.1, 0.15) is 12.0 Å². The fraction of sp³-hybridized carbons (Fsp3) is 0.333. The zero-order valence-corrected chi connectivity index (χ0v) is 16.3. The van der Waals surface area contributed by atoms with E-state index < -0.39 is 0 Å². The Morgan fingerprint density at radius 1 is 1.11 bits per heavy atom. The topological polar surface area (TPSA) is 67.9 Å². The number of nitrogens with zero attached hydrogens (tertiary/aromatic N) is 1. The van der Waals surface area contributed by atoms with Crippen LogP contribution < -0.4 is 19.7 Å². The number of ether oxygens (including phenoxy) is 2. The molecule has 0 saturated carbocycles. The first-order chi connectivity index (χ1) is 13.7. The molecule has 0 aromatic heterocycles. The van der Waals surface area contributed by atoms with Crippen molar-refractivity contribution >= 4 is 29.3 Å². The number of fused-ring (bicyclic) bond motifs is 2. The van der Waals surface area contributed by atoms with Gasteiger partial charge >= 0.3 is 0 Å². The number of hydrogen-bond acceptors (Lipinski definition) is 5. The van der Waals surface area contributed by atoms with Crippen LogP contribution in [0.5, 0.6) is 11.5 Å². The second-order valence-corrected chi connectivity index (χ2v) is 7.65. The van der Waals surface area contributed by atoms with Gasteiger partial charge in [0.25, 0.3) is 0 Å². The van der Waals surface area contributed by atoms with E-state index in [2.05, 4.69) is 5.32 Å². The molecule has 2 aromatic carbocycles. The van der Waals surface area contributed by atoms with Gasteiger partial charge in [0.15, 0.2) is 11.5 Å². The highest BCUT2D eigenvalue weighted by atomic mass is 32.2. The number of nitrogens with one attached hydrogen (secondary N) is 1. The van der Waals surface area contributed by atoms with Crippen LogP contribution in [0.3, 0.4) is 0 Å². The molecule has 0 atom stereocenters. The highest BCUT2D eigenvalue weighted by Crippen LogP contribution is 2.35. The SMILES string of the molecule is O=C(CCN1C(=O)CSc2ccccc21)NCCc1ccc2c(c1)OCCO2. The van der Waals surface area contributed by atoms with Gasteiger partial charge in [-0.2, -0.15) is 0 Å². The van der Waals surface area contributed by atoms with Gasteiger partial charge in [0.1, 0.15) is 13.2 Å². The number of thioether (sulfide) groups is 1. The van der Waals surface area contributed by atoms with E-state index in [1.807, 2.05) is 42.5 Å². The van der Waals surface area contributed by atoms with Crippen molar-refractivity contribution in [2.24, 2.45) is 0 Å². The van der Waals surface area contributed by atoms with E-state index in [9.17, 15) is 9.59 Å². The normalized spacial score (nSPS) is 15.1. The monoisotopic (exact) mass is 398 g/mol. The molecule has 6 nitrogen and oxygen atoms in total. The third-order valence-electron chi connectivity index (χ3n) is 4.71. The lowest BCUT2D eigenvalue weighted by Gasteiger charge is -2.28. The van der Waals surface area contributed by atoms with Crippen molar-refractivity contribution in [3.63, 3.8) is 0 Å². The Morgan fingerprint density at radius 2 is 1.93 bits per heavy atom. The first-order valence-electron chi connectivity index (χ1n) is 9.38. The smallest absolute Gasteiger partial charge is 0.237 e. The van der Waals surface area contributed by atoms with Crippen molar-refractivity contribution in [1.82, 2.24) is 5.32 Å². The molecule has 4 rings (SSSR count). The molecule has 2 aliphatic rings. The van der Waals surface area contributed by atoms with E-state index in [1.54, 1.807) is 16.7 Å². The maximum absolute atomic E-state index is 12.2. The van der Waals surface area contributed by atoms with Crippen molar-refractivity contribution in [3.8, 4) is 11.5 Å². The molecule has 0 radical (unpaired) electrons. The molecular weight excluding hydrogens is 376 g/mol. The molecule has 0 aliphatic carbocycles. The van der Waals surface area contributed by atoms with Crippen LogP contribution in [-0.4, -0.2) is 43.9 Å². The number of amides is 2. The van der Waals surface area contributed by atoms with Crippen LogP contribution in [-0.2, 0) is 16.0 Å². The van der Waals surface area contributed by atoms with Crippen LogP contribution in [0.15, 0.2) is 47.4 Å². The number of anilines is 1. The van der Waals surface area contributed by atoms with Gasteiger partial charge in [-0.15, -0.1) is 11.8 Å². The van der Waals surface area contributed by atoms with Gasteiger partial charge in [-0.3, -0.25) is 9.59 Å². The number of hydrogen-bond donors (Lipinski definition) is 1. The van der Waals surface area contributed by atoms with Crippen molar-refractivity contribution in [2.75, 3.05) is 37.0 Å². The van der Waals surface area contributed by atoms with Gasteiger partial charge in [-0.05, 0) is 36.2 Å². The number of rotatable bonds is 6. The van der Waals surface area contributed by atoms with E-state index in [0.717, 1.165) is 27.6 Å². The first-order valence-corrected chi connectivity index (χ1v) is 10.4. The molecule has 0 fully saturated rings. The third-order valence-corrected chi connectivity index (χ3v) is 5.76. The minimum Gasteiger partial charge on any atom is -0.486 e. The summed E-state index contributed by atoms with van der Waals surface area (Å²) in [4.78, 5) is 27.3. The predicted molar refractivity (Wildman–Crippen MR) is 108 cm³/mol. The maximum Gasteiger partial charge on any atom is 0.237 e. The Kier molecular flexibility index (Phi) is 5.71. The summed E-state index contributed by atoms with van der Waals surface area (Å²) < 4.78 is 11.1. The van der Waals surface area contributed by atoms with Crippen LogP contribution in [0, 0.1) is 0 Å².